The van der Waals surface area contributed by atoms with E-state index in [2.05, 4.69) is 31.4 Å². The van der Waals surface area contributed by atoms with Gasteiger partial charge in [0.15, 0.2) is 5.16 Å². The van der Waals surface area contributed by atoms with E-state index < -0.39 is 0 Å². The Bertz CT molecular complexity index is 1350. The van der Waals surface area contributed by atoms with Crippen LogP contribution in [0.5, 0.6) is 0 Å². The number of para-hydroxylation sites is 2. The summed E-state index contributed by atoms with van der Waals surface area (Å²) in [6.45, 7) is 1.94. The van der Waals surface area contributed by atoms with Gasteiger partial charge in [-0.3, -0.25) is 14.2 Å². The molecule has 2 aromatic carbocycles. The first kappa shape index (κ1) is 21.5. The molecule has 0 fully saturated rings. The second-order valence-electron chi connectivity index (χ2n) is 6.56. The van der Waals surface area contributed by atoms with Crippen molar-refractivity contribution in [3.05, 3.63) is 85.2 Å². The number of aryl methyl sites for hydroxylation is 1. The van der Waals surface area contributed by atoms with Crippen LogP contribution in [0.15, 0.2) is 79.5 Å². The van der Waals surface area contributed by atoms with Crippen LogP contribution in [0.4, 0.5) is 0 Å². The van der Waals surface area contributed by atoms with Crippen LogP contribution >= 0.6 is 39.0 Å². The summed E-state index contributed by atoms with van der Waals surface area (Å²) in [6, 6.07) is 18.6. The minimum absolute atomic E-state index is 0.0716. The molecule has 0 atom stereocenters. The first-order valence-corrected chi connectivity index (χ1v) is 11.9. The highest BCUT2D eigenvalue weighted by Gasteiger charge is 2.15. The number of nitrogens with zero attached hydrogens (tertiary/aromatic N) is 3. The minimum Gasteiger partial charge on any atom is -0.272 e. The van der Waals surface area contributed by atoms with Crippen molar-refractivity contribution in [1.82, 2.24) is 15.0 Å². The van der Waals surface area contributed by atoms with Gasteiger partial charge in [0.05, 0.1) is 32.3 Å². The number of thioether (sulfide) groups is 1. The number of benzene rings is 2. The van der Waals surface area contributed by atoms with Crippen LogP contribution in [0.3, 0.4) is 0 Å². The van der Waals surface area contributed by atoms with E-state index in [9.17, 15) is 9.59 Å². The van der Waals surface area contributed by atoms with Crippen molar-refractivity contribution in [1.29, 1.82) is 0 Å². The molecule has 0 spiro atoms. The quantitative estimate of drug-likeness (QED) is 0.175. The van der Waals surface area contributed by atoms with Gasteiger partial charge in [0.1, 0.15) is 0 Å². The number of carbonyl (C=O) groups excluding carboxylic acids is 1. The third kappa shape index (κ3) is 4.95. The van der Waals surface area contributed by atoms with Crippen molar-refractivity contribution in [2.75, 3.05) is 5.75 Å². The fraction of sp³-hybridized carbons (Fsp3) is 0.0909. The molecule has 0 aliphatic carbocycles. The Hall–Kier alpha value is -2.75. The molecule has 1 N–H and O–H groups in total. The summed E-state index contributed by atoms with van der Waals surface area (Å²) >= 11 is 6.10. The van der Waals surface area contributed by atoms with Crippen molar-refractivity contribution in [2.45, 2.75) is 12.1 Å². The van der Waals surface area contributed by atoms with Crippen molar-refractivity contribution >= 4 is 62.1 Å². The number of carbonyl (C=O) groups is 1. The average molecular weight is 513 g/mol. The maximum atomic E-state index is 13.3. The molecule has 0 aliphatic heterocycles. The minimum atomic E-state index is -0.282. The number of hydrazone groups is 1. The number of amides is 1. The molecule has 1 amide bonds. The summed E-state index contributed by atoms with van der Waals surface area (Å²) in [5, 5.41) is 4.98. The Morgan fingerprint density at radius 2 is 1.97 bits per heavy atom. The number of hydrogen-bond acceptors (Lipinski definition) is 6. The molecule has 0 aliphatic rings. The number of fused-ring (bicyclic) bond motifs is 1. The molecule has 2 aromatic heterocycles. The summed E-state index contributed by atoms with van der Waals surface area (Å²) in [6.07, 6.45) is 1.59. The molecular formula is C22H17BrN4O2S2. The van der Waals surface area contributed by atoms with E-state index in [4.69, 9.17) is 0 Å². The van der Waals surface area contributed by atoms with Gasteiger partial charge in [-0.05, 0) is 58.7 Å². The number of halogens is 1. The molecular weight excluding hydrogens is 496 g/mol. The molecule has 9 heteroatoms. The first-order chi connectivity index (χ1) is 15.0. The van der Waals surface area contributed by atoms with Crippen LogP contribution in [0.2, 0.25) is 0 Å². The standard InChI is InChI=1S/C22H17BrN4O2S2/c1-14-6-2-5-9-18(14)27-21(29)16-7-3-4-8-17(16)25-22(27)30-13-20(28)26-24-12-15-10-11-19(23)31-15/h2-12H,13H2,1H3,(H,26,28)/b24-12+. The highest BCUT2D eigenvalue weighted by Crippen LogP contribution is 2.23. The topological polar surface area (TPSA) is 76.3 Å². The third-order valence-electron chi connectivity index (χ3n) is 4.41. The van der Waals surface area contributed by atoms with Crippen molar-refractivity contribution < 1.29 is 4.79 Å². The maximum absolute atomic E-state index is 13.3. The largest absolute Gasteiger partial charge is 0.272 e. The van der Waals surface area contributed by atoms with E-state index in [0.717, 1.165) is 19.9 Å². The summed E-state index contributed by atoms with van der Waals surface area (Å²) in [7, 11) is 0. The number of nitrogens with one attached hydrogen (secondary N) is 1. The zero-order chi connectivity index (χ0) is 21.8. The Morgan fingerprint density at radius 1 is 1.19 bits per heavy atom. The second kappa shape index (κ2) is 9.59. The highest BCUT2D eigenvalue weighted by molar-refractivity contribution is 9.11. The molecule has 0 radical (unpaired) electrons. The molecule has 0 saturated carbocycles. The van der Waals surface area contributed by atoms with Crippen LogP contribution in [0.25, 0.3) is 16.6 Å². The summed E-state index contributed by atoms with van der Waals surface area (Å²) < 4.78 is 2.56. The number of thiophene rings is 1. The van der Waals surface area contributed by atoms with E-state index in [-0.39, 0.29) is 17.2 Å². The molecule has 0 saturated heterocycles. The van der Waals surface area contributed by atoms with Gasteiger partial charge in [-0.2, -0.15) is 5.10 Å². The molecule has 4 rings (SSSR count). The lowest BCUT2D eigenvalue weighted by atomic mass is 10.2. The monoisotopic (exact) mass is 512 g/mol. The Morgan fingerprint density at radius 3 is 2.74 bits per heavy atom. The Kier molecular flexibility index (Phi) is 6.64. The van der Waals surface area contributed by atoms with E-state index in [1.165, 1.54) is 23.1 Å². The van der Waals surface area contributed by atoms with Gasteiger partial charge in [0.2, 0.25) is 0 Å². The molecule has 0 unspecified atom stereocenters. The fourth-order valence-corrected chi connectivity index (χ4v) is 5.06. The zero-order valence-electron chi connectivity index (χ0n) is 16.4. The molecule has 6 nitrogen and oxygen atoms in total. The highest BCUT2D eigenvalue weighted by atomic mass is 79.9. The van der Waals surface area contributed by atoms with Gasteiger partial charge >= 0.3 is 0 Å². The average Bonchev–Trinajstić information content (AvgIpc) is 3.18. The Balaban J connectivity index is 1.60. The number of aromatic nitrogens is 2. The summed E-state index contributed by atoms with van der Waals surface area (Å²) in [5.41, 5.74) is 4.64. The molecule has 31 heavy (non-hydrogen) atoms. The lowest BCUT2D eigenvalue weighted by molar-refractivity contribution is -0.118. The van der Waals surface area contributed by atoms with Crippen LogP contribution in [-0.4, -0.2) is 27.4 Å². The van der Waals surface area contributed by atoms with Gasteiger partial charge in [0, 0.05) is 4.88 Å². The fourth-order valence-electron chi connectivity index (χ4n) is 2.96. The maximum Gasteiger partial charge on any atom is 0.266 e. The lowest BCUT2D eigenvalue weighted by Gasteiger charge is -2.14. The van der Waals surface area contributed by atoms with Crippen LogP contribution in [0, 0.1) is 6.92 Å². The predicted octanol–water partition coefficient (Wildman–Crippen LogP) is 4.76. The predicted molar refractivity (Wildman–Crippen MR) is 131 cm³/mol. The number of hydrogen-bond donors (Lipinski definition) is 1. The van der Waals surface area contributed by atoms with Crippen LogP contribution < -0.4 is 11.0 Å². The van der Waals surface area contributed by atoms with E-state index in [0.29, 0.717) is 16.1 Å². The zero-order valence-corrected chi connectivity index (χ0v) is 19.6. The van der Waals surface area contributed by atoms with Crippen molar-refractivity contribution in [3.63, 3.8) is 0 Å². The van der Waals surface area contributed by atoms with Crippen LogP contribution in [0.1, 0.15) is 10.4 Å². The van der Waals surface area contributed by atoms with E-state index in [1.807, 2.05) is 55.5 Å². The van der Waals surface area contributed by atoms with Gasteiger partial charge in [-0.15, -0.1) is 11.3 Å². The first-order valence-electron chi connectivity index (χ1n) is 9.31. The van der Waals surface area contributed by atoms with Gasteiger partial charge in [-0.25, -0.2) is 10.4 Å². The molecule has 4 aromatic rings. The molecule has 156 valence electrons. The SMILES string of the molecule is Cc1ccccc1-n1c(SCC(=O)N/N=C/c2ccc(Br)s2)nc2ccccc2c1=O. The van der Waals surface area contributed by atoms with Gasteiger partial charge < -0.3 is 0 Å². The Labute approximate surface area is 195 Å². The lowest BCUT2D eigenvalue weighted by Crippen LogP contribution is -2.24. The third-order valence-corrected chi connectivity index (χ3v) is 6.91. The van der Waals surface area contributed by atoms with Gasteiger partial charge in [0.25, 0.3) is 11.5 Å². The number of rotatable bonds is 6. The second-order valence-corrected chi connectivity index (χ2v) is 10.00. The molecule has 0 bridgehead atoms. The normalized spacial score (nSPS) is 11.3. The van der Waals surface area contributed by atoms with Crippen molar-refractivity contribution in [2.24, 2.45) is 5.10 Å². The van der Waals surface area contributed by atoms with E-state index >= 15 is 0 Å². The van der Waals surface area contributed by atoms with Crippen molar-refractivity contribution in [3.8, 4) is 5.69 Å². The van der Waals surface area contributed by atoms with E-state index in [1.54, 1.807) is 22.9 Å². The smallest absolute Gasteiger partial charge is 0.266 e. The summed E-state index contributed by atoms with van der Waals surface area (Å²) in [4.78, 5) is 31.1. The summed E-state index contributed by atoms with van der Waals surface area (Å²) in [5.74, 6) is -0.210. The van der Waals surface area contributed by atoms with Crippen LogP contribution in [-0.2, 0) is 4.79 Å². The molecule has 2 heterocycles. The van der Waals surface area contributed by atoms with Gasteiger partial charge in [-0.1, -0.05) is 42.1 Å².